The van der Waals surface area contributed by atoms with Gasteiger partial charge in [-0.15, -0.1) is 0 Å². The van der Waals surface area contributed by atoms with Gasteiger partial charge in [-0.25, -0.2) is 9.37 Å². The number of guanidine groups is 1. The number of oxazole rings is 1. The molecule has 1 aromatic carbocycles. The Morgan fingerprint density at radius 1 is 1.24 bits per heavy atom. The van der Waals surface area contributed by atoms with E-state index in [9.17, 15) is 4.39 Å². The van der Waals surface area contributed by atoms with Crippen LogP contribution in [0.2, 0.25) is 0 Å². The number of nitrogens with one attached hydrogen (secondary N) is 2. The van der Waals surface area contributed by atoms with Gasteiger partial charge in [0.1, 0.15) is 11.6 Å². The van der Waals surface area contributed by atoms with E-state index in [-0.39, 0.29) is 11.2 Å². The number of benzene rings is 1. The molecule has 0 aliphatic heterocycles. The van der Waals surface area contributed by atoms with Gasteiger partial charge in [-0.1, -0.05) is 18.6 Å². The second-order valence-corrected chi connectivity index (χ2v) is 6.67. The molecule has 0 bridgehead atoms. The molecule has 1 aliphatic rings. The van der Waals surface area contributed by atoms with Crippen LogP contribution in [0.1, 0.15) is 42.2 Å². The van der Waals surface area contributed by atoms with Crippen molar-refractivity contribution in [3.63, 3.8) is 0 Å². The summed E-state index contributed by atoms with van der Waals surface area (Å²) >= 11 is 0. The minimum atomic E-state index is -0.194. The predicted octanol–water partition coefficient (Wildman–Crippen LogP) is 3.22. The highest BCUT2D eigenvalue weighted by Crippen LogP contribution is 2.43. The van der Waals surface area contributed by atoms with E-state index in [2.05, 4.69) is 20.6 Å². The molecular weight excluding hydrogens is 319 g/mol. The summed E-state index contributed by atoms with van der Waals surface area (Å²) in [5.74, 6) is 2.00. The normalized spacial score (nSPS) is 16.4. The van der Waals surface area contributed by atoms with Gasteiger partial charge in [0.2, 0.25) is 5.89 Å². The minimum Gasteiger partial charge on any atom is -0.444 e. The van der Waals surface area contributed by atoms with Crippen molar-refractivity contribution in [2.45, 2.75) is 45.1 Å². The maximum atomic E-state index is 13.2. The summed E-state index contributed by atoms with van der Waals surface area (Å²) in [7, 11) is 1.74. The zero-order valence-corrected chi connectivity index (χ0v) is 15.0. The third-order valence-corrected chi connectivity index (χ3v) is 5.06. The number of halogens is 1. The summed E-state index contributed by atoms with van der Waals surface area (Å²) in [5.41, 5.74) is 2.15. The molecule has 2 aromatic rings. The lowest BCUT2D eigenvalue weighted by atomic mass is 9.64. The van der Waals surface area contributed by atoms with E-state index in [0.717, 1.165) is 30.8 Å². The number of hydrogen-bond acceptors (Lipinski definition) is 3. The van der Waals surface area contributed by atoms with E-state index in [0.29, 0.717) is 18.4 Å². The monoisotopic (exact) mass is 344 g/mol. The molecule has 6 heteroatoms. The highest BCUT2D eigenvalue weighted by molar-refractivity contribution is 5.79. The van der Waals surface area contributed by atoms with Crippen LogP contribution in [0.3, 0.4) is 0 Å². The van der Waals surface area contributed by atoms with Gasteiger partial charge in [-0.3, -0.25) is 4.99 Å². The lowest BCUT2D eigenvalue weighted by molar-refractivity contribution is 0.243. The molecule has 2 N–H and O–H groups in total. The molecule has 0 saturated heterocycles. The first-order chi connectivity index (χ1) is 12.0. The van der Waals surface area contributed by atoms with Crippen molar-refractivity contribution >= 4 is 5.96 Å². The number of rotatable bonds is 5. The summed E-state index contributed by atoms with van der Waals surface area (Å²) in [5, 5.41) is 6.62. The summed E-state index contributed by atoms with van der Waals surface area (Å²) < 4.78 is 18.8. The van der Waals surface area contributed by atoms with Gasteiger partial charge in [0.15, 0.2) is 5.96 Å². The van der Waals surface area contributed by atoms with Crippen LogP contribution in [0.5, 0.6) is 0 Å². The lowest BCUT2D eigenvalue weighted by Gasteiger charge is -2.43. The molecule has 134 valence electrons. The van der Waals surface area contributed by atoms with Crippen molar-refractivity contribution in [2.75, 3.05) is 13.6 Å². The van der Waals surface area contributed by atoms with Gasteiger partial charge >= 0.3 is 0 Å². The van der Waals surface area contributed by atoms with E-state index in [1.807, 2.05) is 26.0 Å². The fourth-order valence-corrected chi connectivity index (χ4v) is 3.22. The molecule has 1 aromatic heterocycles. The Morgan fingerprint density at radius 3 is 2.48 bits per heavy atom. The molecule has 3 rings (SSSR count). The number of hydrogen-bond donors (Lipinski definition) is 2. The van der Waals surface area contributed by atoms with Gasteiger partial charge < -0.3 is 15.1 Å². The number of aromatic nitrogens is 1. The van der Waals surface area contributed by atoms with Gasteiger partial charge in [-0.2, -0.15) is 0 Å². The van der Waals surface area contributed by atoms with E-state index in [4.69, 9.17) is 4.42 Å². The zero-order valence-electron chi connectivity index (χ0n) is 15.0. The topological polar surface area (TPSA) is 62.5 Å². The number of aliphatic imine (C=N–C) groups is 1. The average Bonchev–Trinajstić information content (AvgIpc) is 2.89. The Bertz CT molecular complexity index is 728. The summed E-state index contributed by atoms with van der Waals surface area (Å²) in [6.45, 7) is 5.08. The van der Waals surface area contributed by atoms with E-state index >= 15 is 0 Å². The first-order valence-electron chi connectivity index (χ1n) is 8.66. The maximum Gasteiger partial charge on any atom is 0.214 e. The van der Waals surface area contributed by atoms with Crippen molar-refractivity contribution < 1.29 is 8.81 Å². The first kappa shape index (κ1) is 17.5. The third-order valence-electron chi connectivity index (χ3n) is 5.06. The fourth-order valence-electron chi connectivity index (χ4n) is 3.22. The zero-order chi connectivity index (χ0) is 17.9. The molecule has 0 radical (unpaired) electrons. The van der Waals surface area contributed by atoms with Crippen molar-refractivity contribution in [1.82, 2.24) is 15.6 Å². The van der Waals surface area contributed by atoms with E-state index in [1.165, 1.54) is 24.1 Å². The third kappa shape index (κ3) is 3.83. The highest BCUT2D eigenvalue weighted by Gasteiger charge is 2.38. The lowest BCUT2D eigenvalue weighted by Crippen LogP contribution is -2.48. The second kappa shape index (κ2) is 7.25. The van der Waals surface area contributed by atoms with Crippen LogP contribution in [0.15, 0.2) is 33.7 Å². The second-order valence-electron chi connectivity index (χ2n) is 6.67. The quantitative estimate of drug-likeness (QED) is 0.646. The Balaban J connectivity index is 1.59. The average molecular weight is 344 g/mol. The molecular formula is C19H25FN4O. The molecule has 1 saturated carbocycles. The Labute approximate surface area is 147 Å². The molecule has 5 nitrogen and oxygen atoms in total. The van der Waals surface area contributed by atoms with Crippen molar-refractivity contribution in [1.29, 1.82) is 0 Å². The first-order valence-corrected chi connectivity index (χ1v) is 8.66. The molecule has 1 fully saturated rings. The Hall–Kier alpha value is -2.37. The minimum absolute atomic E-state index is 0.0570. The van der Waals surface area contributed by atoms with Crippen molar-refractivity contribution in [3.8, 4) is 0 Å². The molecule has 0 amide bonds. The molecule has 25 heavy (non-hydrogen) atoms. The van der Waals surface area contributed by atoms with E-state index in [1.54, 1.807) is 7.05 Å². The molecule has 1 heterocycles. The summed E-state index contributed by atoms with van der Waals surface area (Å²) in [4.78, 5) is 8.63. The van der Waals surface area contributed by atoms with Gasteiger partial charge in [0.25, 0.3) is 0 Å². The number of nitrogens with zero attached hydrogens (tertiary/aromatic N) is 2. The van der Waals surface area contributed by atoms with Crippen LogP contribution in [0, 0.1) is 19.7 Å². The Kier molecular flexibility index (Phi) is 5.06. The summed E-state index contributed by atoms with van der Waals surface area (Å²) in [6, 6.07) is 6.86. The van der Waals surface area contributed by atoms with Crippen molar-refractivity contribution in [3.05, 3.63) is 53.0 Å². The predicted molar refractivity (Wildman–Crippen MR) is 96.1 cm³/mol. The summed E-state index contributed by atoms with van der Waals surface area (Å²) in [6.07, 6.45) is 3.39. The van der Waals surface area contributed by atoms with Gasteiger partial charge in [0.05, 0.1) is 12.2 Å². The fraction of sp³-hybridized carbons (Fsp3) is 0.474. The van der Waals surface area contributed by atoms with Gasteiger partial charge in [-0.05, 0) is 44.4 Å². The highest BCUT2D eigenvalue weighted by atomic mass is 19.1. The van der Waals surface area contributed by atoms with Gasteiger partial charge in [0, 0.05) is 19.0 Å². The molecule has 0 atom stereocenters. The van der Waals surface area contributed by atoms with Crippen LogP contribution < -0.4 is 10.6 Å². The Morgan fingerprint density at radius 2 is 1.96 bits per heavy atom. The number of aryl methyl sites for hydroxylation is 2. The molecule has 1 aliphatic carbocycles. The van der Waals surface area contributed by atoms with Crippen LogP contribution >= 0.6 is 0 Å². The SMILES string of the molecule is CN=C(NCc1nc(C)c(C)o1)NCC1(c2ccc(F)cc2)CCC1. The maximum absolute atomic E-state index is 13.2. The standard InChI is InChI=1S/C19H25FN4O/c1-13-14(2)25-17(24-13)11-22-18(21-3)23-12-19(9-4-10-19)15-5-7-16(20)8-6-15/h5-8H,4,9-12H2,1-3H3,(H2,21,22,23). The smallest absolute Gasteiger partial charge is 0.214 e. The van der Waals surface area contributed by atoms with Crippen LogP contribution in [-0.2, 0) is 12.0 Å². The molecule has 0 unspecified atom stereocenters. The molecule has 0 spiro atoms. The van der Waals surface area contributed by atoms with E-state index < -0.39 is 0 Å². The van der Waals surface area contributed by atoms with Crippen LogP contribution in [0.25, 0.3) is 0 Å². The van der Waals surface area contributed by atoms with Crippen molar-refractivity contribution in [2.24, 2.45) is 4.99 Å². The van der Waals surface area contributed by atoms with Crippen LogP contribution in [0.4, 0.5) is 4.39 Å². The van der Waals surface area contributed by atoms with Crippen LogP contribution in [-0.4, -0.2) is 24.5 Å². The largest absolute Gasteiger partial charge is 0.444 e.